The summed E-state index contributed by atoms with van der Waals surface area (Å²) < 4.78 is 10.8. The molecule has 7 nitrogen and oxygen atoms in total. The number of nitrogens with zero attached hydrogens (tertiary/aromatic N) is 4. The van der Waals surface area contributed by atoms with E-state index < -0.39 is 0 Å². The van der Waals surface area contributed by atoms with Crippen molar-refractivity contribution in [1.82, 2.24) is 15.0 Å². The lowest BCUT2D eigenvalue weighted by molar-refractivity contribution is 0.193. The normalized spacial score (nSPS) is 19.2. The third-order valence-electron chi connectivity index (χ3n) is 2.73. The van der Waals surface area contributed by atoms with E-state index in [1.807, 2.05) is 25.8 Å². The maximum Gasteiger partial charge on any atom is 0.323 e. The largest absolute Gasteiger partial charge is 0.461 e. The van der Waals surface area contributed by atoms with Crippen LogP contribution < -0.4 is 15.4 Å². The maximum atomic E-state index is 5.67. The minimum absolute atomic E-state index is 0.000213. The second-order valence-electron chi connectivity index (χ2n) is 4.57. The summed E-state index contributed by atoms with van der Waals surface area (Å²) in [5.41, 5.74) is 5.67. The van der Waals surface area contributed by atoms with Crippen LogP contribution in [0, 0.1) is 0 Å². The van der Waals surface area contributed by atoms with E-state index in [1.54, 1.807) is 0 Å². The average molecular weight is 253 g/mol. The number of ether oxygens (including phenoxy) is 2. The Kier molecular flexibility index (Phi) is 3.81. The number of likely N-dealkylation sites (N-methyl/N-ethyl adjacent to an activating group) is 1. The lowest BCUT2D eigenvalue weighted by Crippen LogP contribution is -2.33. The molecule has 1 aromatic rings. The highest BCUT2D eigenvalue weighted by atomic mass is 16.5. The lowest BCUT2D eigenvalue weighted by atomic mass is 10.2. The van der Waals surface area contributed by atoms with Crippen LogP contribution in [0.15, 0.2) is 0 Å². The zero-order valence-corrected chi connectivity index (χ0v) is 11.0. The molecule has 1 aliphatic rings. The van der Waals surface area contributed by atoms with Gasteiger partial charge < -0.3 is 20.1 Å². The minimum Gasteiger partial charge on any atom is -0.461 e. The van der Waals surface area contributed by atoms with Crippen molar-refractivity contribution in [3.63, 3.8) is 0 Å². The molecular weight excluding hydrogens is 234 g/mol. The summed E-state index contributed by atoms with van der Waals surface area (Å²) in [5, 5.41) is 0. The number of hydrogen-bond acceptors (Lipinski definition) is 7. The highest BCUT2D eigenvalue weighted by Crippen LogP contribution is 2.19. The molecule has 18 heavy (non-hydrogen) atoms. The SMILES string of the molecule is CC(C)Oc1nc(N)nc(N(C)C2CCOC2)n1. The molecule has 0 radical (unpaired) electrons. The summed E-state index contributed by atoms with van der Waals surface area (Å²) in [6.07, 6.45) is 0.961. The number of aromatic nitrogens is 3. The van der Waals surface area contributed by atoms with E-state index in [0.717, 1.165) is 13.0 Å². The summed E-state index contributed by atoms with van der Waals surface area (Å²) in [6.45, 7) is 5.27. The van der Waals surface area contributed by atoms with Crippen LogP contribution >= 0.6 is 0 Å². The van der Waals surface area contributed by atoms with Crippen molar-refractivity contribution in [2.45, 2.75) is 32.4 Å². The van der Waals surface area contributed by atoms with E-state index in [4.69, 9.17) is 15.2 Å². The van der Waals surface area contributed by atoms with E-state index in [1.165, 1.54) is 0 Å². The second kappa shape index (κ2) is 5.34. The van der Waals surface area contributed by atoms with Crippen LogP contribution in [-0.2, 0) is 4.74 Å². The molecule has 0 aromatic carbocycles. The van der Waals surface area contributed by atoms with Crippen LogP contribution in [0.5, 0.6) is 6.01 Å². The summed E-state index contributed by atoms with van der Waals surface area (Å²) >= 11 is 0. The van der Waals surface area contributed by atoms with E-state index >= 15 is 0 Å². The Morgan fingerprint density at radius 3 is 2.78 bits per heavy atom. The van der Waals surface area contributed by atoms with Gasteiger partial charge in [0.05, 0.1) is 18.8 Å². The van der Waals surface area contributed by atoms with E-state index in [-0.39, 0.29) is 24.1 Å². The summed E-state index contributed by atoms with van der Waals surface area (Å²) in [4.78, 5) is 14.3. The van der Waals surface area contributed by atoms with E-state index in [0.29, 0.717) is 12.6 Å². The molecule has 0 bridgehead atoms. The molecular formula is C11H19N5O2. The molecule has 2 N–H and O–H groups in total. The van der Waals surface area contributed by atoms with Gasteiger partial charge in [0, 0.05) is 13.7 Å². The fourth-order valence-electron chi connectivity index (χ4n) is 1.77. The Morgan fingerprint density at radius 1 is 1.39 bits per heavy atom. The monoisotopic (exact) mass is 253 g/mol. The Labute approximate surface area is 106 Å². The Bertz CT molecular complexity index is 406. The summed E-state index contributed by atoms with van der Waals surface area (Å²) in [7, 11) is 1.92. The highest BCUT2D eigenvalue weighted by molar-refractivity contribution is 5.36. The first-order valence-electron chi connectivity index (χ1n) is 6.05. The Balaban J connectivity index is 2.18. The van der Waals surface area contributed by atoms with Crippen LogP contribution in [0.25, 0.3) is 0 Å². The zero-order chi connectivity index (χ0) is 13.1. The van der Waals surface area contributed by atoms with Gasteiger partial charge in [0.25, 0.3) is 0 Å². The maximum absolute atomic E-state index is 5.67. The van der Waals surface area contributed by atoms with Gasteiger partial charge in [-0.2, -0.15) is 15.0 Å². The molecule has 1 fully saturated rings. The average Bonchev–Trinajstić information content (AvgIpc) is 2.79. The molecule has 1 unspecified atom stereocenters. The van der Waals surface area contributed by atoms with Gasteiger partial charge in [0.1, 0.15) is 0 Å². The minimum atomic E-state index is -0.000213. The molecule has 1 saturated heterocycles. The van der Waals surface area contributed by atoms with Crippen LogP contribution in [0.4, 0.5) is 11.9 Å². The fourth-order valence-corrected chi connectivity index (χ4v) is 1.77. The molecule has 1 aliphatic heterocycles. The van der Waals surface area contributed by atoms with Gasteiger partial charge in [0.15, 0.2) is 0 Å². The standard InChI is InChI=1S/C11H19N5O2/c1-7(2)18-11-14-9(12)13-10(15-11)16(3)8-4-5-17-6-8/h7-8H,4-6H2,1-3H3,(H2,12,13,14,15). The fraction of sp³-hybridized carbons (Fsp3) is 0.727. The first kappa shape index (κ1) is 12.8. The number of nitrogens with two attached hydrogens (primary N) is 1. The molecule has 0 saturated carbocycles. The van der Waals surface area contributed by atoms with Crippen LogP contribution in [0.2, 0.25) is 0 Å². The van der Waals surface area contributed by atoms with Crippen LogP contribution in [-0.4, -0.2) is 47.4 Å². The van der Waals surface area contributed by atoms with Crippen molar-refractivity contribution in [3.05, 3.63) is 0 Å². The molecule has 0 aliphatic carbocycles. The molecule has 0 spiro atoms. The number of anilines is 2. The predicted molar refractivity (Wildman–Crippen MR) is 67.6 cm³/mol. The molecule has 7 heteroatoms. The third kappa shape index (κ3) is 2.98. The Hall–Kier alpha value is -1.63. The van der Waals surface area contributed by atoms with Crippen molar-refractivity contribution in [2.75, 3.05) is 30.9 Å². The van der Waals surface area contributed by atoms with Gasteiger partial charge in [-0.3, -0.25) is 0 Å². The quantitative estimate of drug-likeness (QED) is 0.834. The first-order valence-corrected chi connectivity index (χ1v) is 6.05. The molecule has 100 valence electrons. The smallest absolute Gasteiger partial charge is 0.323 e. The molecule has 1 aromatic heterocycles. The molecule has 2 rings (SSSR count). The summed E-state index contributed by atoms with van der Waals surface area (Å²) in [5.74, 6) is 0.690. The zero-order valence-electron chi connectivity index (χ0n) is 11.0. The van der Waals surface area contributed by atoms with Crippen molar-refractivity contribution < 1.29 is 9.47 Å². The molecule has 2 heterocycles. The Morgan fingerprint density at radius 2 is 2.17 bits per heavy atom. The third-order valence-corrected chi connectivity index (χ3v) is 2.73. The van der Waals surface area contributed by atoms with Gasteiger partial charge in [-0.1, -0.05) is 0 Å². The van der Waals surface area contributed by atoms with Crippen molar-refractivity contribution in [1.29, 1.82) is 0 Å². The van der Waals surface area contributed by atoms with Crippen molar-refractivity contribution >= 4 is 11.9 Å². The summed E-state index contributed by atoms with van der Waals surface area (Å²) in [6, 6.07) is 0.539. The van der Waals surface area contributed by atoms with Crippen molar-refractivity contribution in [2.24, 2.45) is 0 Å². The molecule has 1 atom stereocenters. The van der Waals surface area contributed by atoms with Gasteiger partial charge in [-0.15, -0.1) is 0 Å². The molecule has 0 amide bonds. The van der Waals surface area contributed by atoms with Gasteiger partial charge >= 0.3 is 6.01 Å². The van der Waals surface area contributed by atoms with Gasteiger partial charge in [-0.05, 0) is 20.3 Å². The topological polar surface area (TPSA) is 86.4 Å². The number of nitrogen functional groups attached to an aromatic ring is 1. The van der Waals surface area contributed by atoms with Gasteiger partial charge in [0.2, 0.25) is 11.9 Å². The number of hydrogen-bond donors (Lipinski definition) is 1. The second-order valence-corrected chi connectivity index (χ2v) is 4.57. The van der Waals surface area contributed by atoms with Gasteiger partial charge in [-0.25, -0.2) is 0 Å². The highest BCUT2D eigenvalue weighted by Gasteiger charge is 2.23. The van der Waals surface area contributed by atoms with Crippen molar-refractivity contribution in [3.8, 4) is 6.01 Å². The van der Waals surface area contributed by atoms with E-state index in [9.17, 15) is 0 Å². The lowest BCUT2D eigenvalue weighted by Gasteiger charge is -2.23. The van der Waals surface area contributed by atoms with Crippen LogP contribution in [0.1, 0.15) is 20.3 Å². The number of rotatable bonds is 4. The van der Waals surface area contributed by atoms with Crippen LogP contribution in [0.3, 0.4) is 0 Å². The van der Waals surface area contributed by atoms with E-state index in [2.05, 4.69) is 15.0 Å². The predicted octanol–water partition coefficient (Wildman–Crippen LogP) is 0.466. The first-order chi connectivity index (χ1) is 8.56.